The van der Waals surface area contributed by atoms with Gasteiger partial charge in [-0.1, -0.05) is 29.8 Å². The van der Waals surface area contributed by atoms with E-state index in [0.29, 0.717) is 43.1 Å². The molecular weight excluding hydrogens is 404 g/mol. The number of ether oxygens (including phenoxy) is 2. The highest BCUT2D eigenvalue weighted by molar-refractivity contribution is 7.88. The summed E-state index contributed by atoms with van der Waals surface area (Å²) in [5.41, 5.74) is 2.35. The van der Waals surface area contributed by atoms with Crippen LogP contribution in [0.1, 0.15) is 24.0 Å². The maximum absolute atomic E-state index is 12.8. The van der Waals surface area contributed by atoms with E-state index < -0.39 is 10.0 Å². The Labute approximate surface area is 178 Å². The zero-order valence-corrected chi connectivity index (χ0v) is 18.4. The first-order valence-electron chi connectivity index (χ1n) is 9.88. The number of carbonyl (C=O) groups excluding carboxylic acids is 1. The molecule has 2 aromatic rings. The molecule has 162 valence electrons. The Balaban J connectivity index is 1.60. The van der Waals surface area contributed by atoms with Crippen LogP contribution < -0.4 is 14.8 Å². The molecule has 0 spiro atoms. The predicted octanol–water partition coefficient (Wildman–Crippen LogP) is 3.19. The van der Waals surface area contributed by atoms with Crippen LogP contribution in [0.5, 0.6) is 11.5 Å². The maximum atomic E-state index is 12.8. The number of carbonyl (C=O) groups is 1. The molecule has 0 atom stereocenters. The van der Waals surface area contributed by atoms with Gasteiger partial charge in [0, 0.05) is 25.1 Å². The number of nitrogens with one attached hydrogen (secondary N) is 1. The number of sulfonamides is 1. The summed E-state index contributed by atoms with van der Waals surface area (Å²) in [5, 5.41) is 2.89. The highest BCUT2D eigenvalue weighted by atomic mass is 32.2. The molecule has 0 radical (unpaired) electrons. The monoisotopic (exact) mass is 432 g/mol. The van der Waals surface area contributed by atoms with E-state index in [4.69, 9.17) is 9.47 Å². The van der Waals surface area contributed by atoms with E-state index >= 15 is 0 Å². The van der Waals surface area contributed by atoms with E-state index in [9.17, 15) is 13.2 Å². The topological polar surface area (TPSA) is 84.9 Å². The van der Waals surface area contributed by atoms with Gasteiger partial charge in [-0.15, -0.1) is 0 Å². The Bertz CT molecular complexity index is 998. The van der Waals surface area contributed by atoms with Crippen LogP contribution in [0.25, 0.3) is 0 Å². The van der Waals surface area contributed by atoms with Crippen molar-refractivity contribution in [2.24, 2.45) is 5.92 Å². The molecular formula is C22H28N2O5S. The van der Waals surface area contributed by atoms with E-state index in [1.165, 1.54) is 11.4 Å². The molecule has 0 unspecified atom stereocenters. The third-order valence-corrected chi connectivity index (χ3v) is 7.16. The zero-order valence-electron chi connectivity index (χ0n) is 17.6. The Morgan fingerprint density at radius 3 is 2.47 bits per heavy atom. The predicted molar refractivity (Wildman–Crippen MR) is 116 cm³/mol. The lowest BCUT2D eigenvalue weighted by molar-refractivity contribution is -0.120. The van der Waals surface area contributed by atoms with E-state index in [1.54, 1.807) is 25.3 Å². The summed E-state index contributed by atoms with van der Waals surface area (Å²) in [6, 6.07) is 12.7. The van der Waals surface area contributed by atoms with Gasteiger partial charge in [0.05, 0.1) is 25.7 Å². The molecule has 7 nitrogen and oxygen atoms in total. The standard InChI is InChI=1S/C22H28N2O5S/c1-16-5-4-6-17(13-16)15-30(26,27)24-11-9-18(10-12-24)22(25)23-20-14-19(28-2)7-8-21(20)29-3/h4-8,13-14,18H,9-12,15H2,1-3H3,(H,23,25). The van der Waals surface area contributed by atoms with Gasteiger partial charge in [-0.25, -0.2) is 12.7 Å². The Kier molecular flexibility index (Phi) is 6.99. The van der Waals surface area contributed by atoms with Gasteiger partial charge in [-0.3, -0.25) is 4.79 Å². The zero-order chi connectivity index (χ0) is 21.7. The Morgan fingerprint density at radius 2 is 1.83 bits per heavy atom. The number of rotatable bonds is 7. The fourth-order valence-electron chi connectivity index (χ4n) is 3.65. The quantitative estimate of drug-likeness (QED) is 0.726. The lowest BCUT2D eigenvalue weighted by Crippen LogP contribution is -2.41. The normalized spacial score (nSPS) is 15.6. The van der Waals surface area contributed by atoms with Gasteiger partial charge < -0.3 is 14.8 Å². The first kappa shape index (κ1) is 22.1. The van der Waals surface area contributed by atoms with E-state index in [0.717, 1.165) is 11.1 Å². The molecule has 1 fully saturated rings. The molecule has 2 aromatic carbocycles. The number of benzene rings is 2. The van der Waals surface area contributed by atoms with Crippen molar-refractivity contribution in [1.29, 1.82) is 0 Å². The van der Waals surface area contributed by atoms with Crippen molar-refractivity contribution in [3.8, 4) is 11.5 Å². The summed E-state index contributed by atoms with van der Waals surface area (Å²) in [5.74, 6) is 0.737. The van der Waals surface area contributed by atoms with Crippen molar-refractivity contribution >= 4 is 21.6 Å². The summed E-state index contributed by atoms with van der Waals surface area (Å²) in [7, 11) is -0.323. The molecule has 0 aliphatic carbocycles. The summed E-state index contributed by atoms with van der Waals surface area (Å²) in [4.78, 5) is 12.7. The Hall–Kier alpha value is -2.58. The highest BCUT2D eigenvalue weighted by Crippen LogP contribution is 2.30. The highest BCUT2D eigenvalue weighted by Gasteiger charge is 2.31. The molecule has 0 saturated carbocycles. The van der Waals surface area contributed by atoms with Crippen LogP contribution in [0, 0.1) is 12.8 Å². The minimum Gasteiger partial charge on any atom is -0.497 e. The van der Waals surface area contributed by atoms with Gasteiger partial charge in [-0.05, 0) is 37.5 Å². The second-order valence-electron chi connectivity index (χ2n) is 7.47. The van der Waals surface area contributed by atoms with Gasteiger partial charge in [0.1, 0.15) is 11.5 Å². The second kappa shape index (κ2) is 9.49. The first-order chi connectivity index (χ1) is 14.3. The third-order valence-electron chi connectivity index (χ3n) is 5.31. The number of nitrogens with zero attached hydrogens (tertiary/aromatic N) is 1. The molecule has 1 N–H and O–H groups in total. The SMILES string of the molecule is COc1ccc(OC)c(NC(=O)C2CCN(S(=O)(=O)Cc3cccc(C)c3)CC2)c1. The summed E-state index contributed by atoms with van der Waals surface area (Å²) < 4.78 is 37.6. The molecule has 30 heavy (non-hydrogen) atoms. The molecule has 1 heterocycles. The largest absolute Gasteiger partial charge is 0.497 e. The van der Waals surface area contributed by atoms with Gasteiger partial charge in [0.2, 0.25) is 15.9 Å². The second-order valence-corrected chi connectivity index (χ2v) is 9.44. The number of anilines is 1. The van der Waals surface area contributed by atoms with Crippen LogP contribution in [-0.4, -0.2) is 45.9 Å². The number of amides is 1. The van der Waals surface area contributed by atoms with E-state index in [-0.39, 0.29) is 17.6 Å². The molecule has 8 heteroatoms. The van der Waals surface area contributed by atoms with Crippen molar-refractivity contribution in [2.75, 3.05) is 32.6 Å². The van der Waals surface area contributed by atoms with Crippen LogP contribution in [0.3, 0.4) is 0 Å². The lowest BCUT2D eigenvalue weighted by Gasteiger charge is -2.30. The van der Waals surface area contributed by atoms with E-state index in [1.807, 2.05) is 31.2 Å². The van der Waals surface area contributed by atoms with Crippen LogP contribution in [0.4, 0.5) is 5.69 Å². The number of aryl methyl sites for hydroxylation is 1. The first-order valence-corrected chi connectivity index (χ1v) is 11.5. The van der Waals surface area contributed by atoms with Crippen molar-refractivity contribution in [1.82, 2.24) is 4.31 Å². The van der Waals surface area contributed by atoms with Gasteiger partial charge in [-0.2, -0.15) is 0 Å². The molecule has 0 aromatic heterocycles. The number of methoxy groups -OCH3 is 2. The third kappa shape index (κ3) is 5.31. The van der Waals surface area contributed by atoms with E-state index in [2.05, 4.69) is 5.32 Å². The minimum atomic E-state index is -3.42. The lowest BCUT2D eigenvalue weighted by atomic mass is 9.97. The van der Waals surface area contributed by atoms with Gasteiger partial charge >= 0.3 is 0 Å². The molecule has 3 rings (SSSR count). The summed E-state index contributed by atoms with van der Waals surface area (Å²) >= 11 is 0. The molecule has 1 amide bonds. The average molecular weight is 433 g/mol. The van der Waals surface area contributed by atoms with Crippen molar-refractivity contribution in [3.05, 3.63) is 53.6 Å². The summed E-state index contributed by atoms with van der Waals surface area (Å²) in [6.45, 7) is 2.61. The average Bonchev–Trinajstić information content (AvgIpc) is 2.73. The minimum absolute atomic E-state index is 0.0213. The maximum Gasteiger partial charge on any atom is 0.227 e. The Morgan fingerprint density at radius 1 is 1.10 bits per heavy atom. The fraction of sp³-hybridized carbons (Fsp3) is 0.409. The fourth-order valence-corrected chi connectivity index (χ4v) is 5.20. The number of piperidine rings is 1. The smallest absolute Gasteiger partial charge is 0.227 e. The van der Waals surface area contributed by atoms with Gasteiger partial charge in [0.25, 0.3) is 0 Å². The molecule has 1 aliphatic heterocycles. The van der Waals surface area contributed by atoms with Crippen molar-refractivity contribution in [3.63, 3.8) is 0 Å². The number of hydrogen-bond donors (Lipinski definition) is 1. The van der Waals surface area contributed by atoms with Gasteiger partial charge in [0.15, 0.2) is 0 Å². The van der Waals surface area contributed by atoms with Crippen molar-refractivity contribution in [2.45, 2.75) is 25.5 Å². The van der Waals surface area contributed by atoms with Crippen LogP contribution in [0.15, 0.2) is 42.5 Å². The van der Waals surface area contributed by atoms with Crippen LogP contribution in [0.2, 0.25) is 0 Å². The number of hydrogen-bond acceptors (Lipinski definition) is 5. The van der Waals surface area contributed by atoms with Crippen LogP contribution in [-0.2, 0) is 20.6 Å². The molecule has 1 aliphatic rings. The van der Waals surface area contributed by atoms with Crippen molar-refractivity contribution < 1.29 is 22.7 Å². The van der Waals surface area contributed by atoms with Crippen LogP contribution >= 0.6 is 0 Å². The molecule has 0 bridgehead atoms. The molecule has 1 saturated heterocycles. The summed E-state index contributed by atoms with van der Waals surface area (Å²) in [6.07, 6.45) is 0.955.